The Bertz CT molecular complexity index is 1330. The second-order valence-corrected chi connectivity index (χ2v) is 10.4. The minimum Gasteiger partial charge on any atom is -0.384 e. The average molecular weight is 531 g/mol. The number of nitrogens with zero attached hydrogens (tertiary/aromatic N) is 4. The van der Waals surface area contributed by atoms with Crippen LogP contribution in [0.25, 0.3) is 15.7 Å². The normalized spacial score (nSPS) is 21.7. The Morgan fingerprint density at radius 2 is 2.03 bits per heavy atom. The van der Waals surface area contributed by atoms with Crippen molar-refractivity contribution in [2.45, 2.75) is 49.5 Å². The predicted molar refractivity (Wildman–Crippen MR) is 133 cm³/mol. The summed E-state index contributed by atoms with van der Waals surface area (Å²) in [6.45, 7) is 8.63. The number of benzene rings is 1. The number of nitrogens with one attached hydrogen (secondary N) is 2. The smallest absolute Gasteiger partial charge is 0.384 e. The van der Waals surface area contributed by atoms with Crippen molar-refractivity contribution in [2.24, 2.45) is 0 Å². The molecule has 1 saturated heterocycles. The molecule has 1 amide bonds. The lowest BCUT2D eigenvalue weighted by atomic mass is 9.82. The molecule has 0 unspecified atom stereocenters. The van der Waals surface area contributed by atoms with Crippen LogP contribution < -0.4 is 10.6 Å². The van der Waals surface area contributed by atoms with Crippen LogP contribution in [0.15, 0.2) is 36.0 Å². The van der Waals surface area contributed by atoms with Gasteiger partial charge in [0.2, 0.25) is 5.91 Å². The van der Waals surface area contributed by atoms with Crippen molar-refractivity contribution in [3.05, 3.63) is 57.8 Å². The van der Waals surface area contributed by atoms with Gasteiger partial charge >= 0.3 is 6.18 Å². The van der Waals surface area contributed by atoms with Crippen LogP contribution in [-0.4, -0.2) is 57.6 Å². The van der Waals surface area contributed by atoms with Gasteiger partial charge in [-0.2, -0.15) is 13.2 Å². The fourth-order valence-corrected chi connectivity index (χ4v) is 5.78. The van der Waals surface area contributed by atoms with E-state index in [4.69, 9.17) is 6.57 Å². The maximum Gasteiger partial charge on any atom is 0.416 e. The number of aromatic nitrogens is 2. The summed E-state index contributed by atoms with van der Waals surface area (Å²) in [5.41, 5.74) is 0.592. The molecule has 0 spiro atoms. The summed E-state index contributed by atoms with van der Waals surface area (Å²) in [5, 5.41) is 17.0. The lowest BCUT2D eigenvalue weighted by Gasteiger charge is -2.47. The van der Waals surface area contributed by atoms with Gasteiger partial charge in [-0.25, -0.2) is 0 Å². The number of pyridine rings is 1. The Balaban J connectivity index is 1.14. The number of carbonyl (C=O) groups is 1. The number of alkyl halides is 3. The van der Waals surface area contributed by atoms with Crippen molar-refractivity contribution in [3.63, 3.8) is 0 Å². The quantitative estimate of drug-likeness (QED) is 0.412. The van der Waals surface area contributed by atoms with Crippen LogP contribution in [0.5, 0.6) is 0 Å². The van der Waals surface area contributed by atoms with Crippen molar-refractivity contribution in [2.75, 3.05) is 25.0 Å². The van der Waals surface area contributed by atoms with Crippen LogP contribution in [-0.2, 0) is 16.6 Å². The summed E-state index contributed by atoms with van der Waals surface area (Å²) < 4.78 is 39.6. The van der Waals surface area contributed by atoms with Gasteiger partial charge in [-0.15, -0.1) is 16.3 Å². The molecule has 3 heterocycles. The zero-order valence-corrected chi connectivity index (χ0v) is 20.6. The molecule has 3 N–H and O–H groups in total. The molecule has 2 aromatic heterocycles. The third-order valence-corrected chi connectivity index (χ3v) is 8.15. The van der Waals surface area contributed by atoms with E-state index in [2.05, 4.69) is 30.3 Å². The maximum absolute atomic E-state index is 13.2. The molecule has 5 rings (SSSR count). The number of piperidine rings is 1. The zero-order valence-electron chi connectivity index (χ0n) is 19.8. The lowest BCUT2D eigenvalue weighted by molar-refractivity contribution is -0.137. The van der Waals surface area contributed by atoms with E-state index in [1.165, 1.54) is 23.5 Å². The van der Waals surface area contributed by atoms with Crippen LogP contribution in [0.3, 0.4) is 0 Å². The van der Waals surface area contributed by atoms with E-state index in [-0.39, 0.29) is 40.9 Å². The second kappa shape index (κ2) is 9.89. The van der Waals surface area contributed by atoms with Gasteiger partial charge in [0, 0.05) is 42.4 Å². The third kappa shape index (κ3) is 5.39. The van der Waals surface area contributed by atoms with E-state index in [0.29, 0.717) is 18.9 Å². The van der Waals surface area contributed by atoms with Gasteiger partial charge < -0.3 is 20.6 Å². The summed E-state index contributed by atoms with van der Waals surface area (Å²) in [5.74, 6) is -0.247. The largest absolute Gasteiger partial charge is 0.416 e. The molecule has 0 radical (unpaired) electrons. The van der Waals surface area contributed by atoms with Gasteiger partial charge in [0.15, 0.2) is 5.52 Å². The zero-order chi connectivity index (χ0) is 26.2. The molecular weight excluding hydrogens is 505 g/mol. The van der Waals surface area contributed by atoms with Gasteiger partial charge in [0.1, 0.15) is 5.60 Å². The highest BCUT2D eigenvalue weighted by atomic mass is 32.1. The number of halogens is 3. The van der Waals surface area contributed by atoms with Crippen LogP contribution in [0, 0.1) is 6.57 Å². The number of fused-ring (bicyclic) bond motifs is 1. The van der Waals surface area contributed by atoms with E-state index >= 15 is 0 Å². The van der Waals surface area contributed by atoms with Crippen LogP contribution in [0.1, 0.15) is 36.1 Å². The fourth-order valence-electron chi connectivity index (χ4n) is 5.00. The molecule has 3 aromatic rings. The molecule has 12 heteroatoms. The fraction of sp³-hybridized carbons (Fsp3) is 0.440. The van der Waals surface area contributed by atoms with Gasteiger partial charge in [0.25, 0.3) is 5.82 Å². The Kier molecular flexibility index (Phi) is 6.78. The molecular formula is C25H25F3N6O2S. The molecule has 37 heavy (non-hydrogen) atoms. The van der Waals surface area contributed by atoms with Gasteiger partial charge in [-0.3, -0.25) is 14.7 Å². The van der Waals surface area contributed by atoms with Crippen LogP contribution in [0.4, 0.5) is 24.7 Å². The molecule has 1 aliphatic heterocycles. The maximum atomic E-state index is 13.2. The van der Waals surface area contributed by atoms with Crippen molar-refractivity contribution in [1.29, 1.82) is 0 Å². The Morgan fingerprint density at radius 3 is 2.68 bits per heavy atom. The molecule has 0 bridgehead atoms. The molecule has 8 nitrogen and oxygen atoms in total. The van der Waals surface area contributed by atoms with Crippen LogP contribution in [0.2, 0.25) is 0 Å². The highest BCUT2D eigenvalue weighted by molar-refractivity contribution is 7.09. The van der Waals surface area contributed by atoms with Crippen molar-refractivity contribution in [1.82, 2.24) is 20.2 Å². The van der Waals surface area contributed by atoms with E-state index in [1.54, 1.807) is 11.7 Å². The van der Waals surface area contributed by atoms with Gasteiger partial charge in [-0.05, 0) is 49.9 Å². The monoisotopic (exact) mass is 530 g/mol. The molecule has 1 saturated carbocycles. The minimum absolute atomic E-state index is 0.0198. The van der Waals surface area contributed by atoms with Crippen molar-refractivity contribution >= 4 is 39.7 Å². The molecule has 0 atom stereocenters. The Labute approximate surface area is 215 Å². The average Bonchev–Trinajstić information content (AvgIpc) is 3.40. The van der Waals surface area contributed by atoms with Crippen molar-refractivity contribution < 1.29 is 23.1 Å². The third-order valence-electron chi connectivity index (χ3n) is 7.19. The minimum atomic E-state index is -4.52. The molecule has 194 valence electrons. The van der Waals surface area contributed by atoms with Gasteiger partial charge in [-0.1, -0.05) is 6.57 Å². The van der Waals surface area contributed by atoms with E-state index in [1.807, 2.05) is 0 Å². The molecule has 2 fully saturated rings. The van der Waals surface area contributed by atoms with E-state index in [0.717, 1.165) is 42.9 Å². The van der Waals surface area contributed by atoms with Crippen LogP contribution >= 0.6 is 11.3 Å². The standard InChI is InChI=1S/C25H25F3N6O2S/c1-29-22-11-20(18-8-15(25(26,27)28)2-3-19(18)33-22)31-13-23(35)32-16-9-17(10-16)34-6-4-24(36,5-7-34)21-12-30-14-37-21/h2-3,8,11-12,14,16-17,36H,4-7,9-10,13H2,(H,31,33)(H,32,35). The first-order chi connectivity index (χ1) is 17.6. The summed E-state index contributed by atoms with van der Waals surface area (Å²) in [6, 6.07) is 4.84. The highest BCUT2D eigenvalue weighted by Crippen LogP contribution is 2.38. The first-order valence-corrected chi connectivity index (χ1v) is 12.8. The van der Waals surface area contributed by atoms with Crippen molar-refractivity contribution in [3.8, 4) is 0 Å². The molecule has 1 aromatic carbocycles. The second-order valence-electron chi connectivity index (χ2n) is 9.55. The number of aliphatic hydroxyl groups is 1. The summed E-state index contributed by atoms with van der Waals surface area (Å²) >= 11 is 1.47. The number of amides is 1. The van der Waals surface area contributed by atoms with E-state index < -0.39 is 17.3 Å². The number of hydrogen-bond donors (Lipinski definition) is 3. The molecule has 1 aliphatic carbocycles. The Morgan fingerprint density at radius 1 is 1.27 bits per heavy atom. The molecule has 2 aliphatic rings. The summed E-state index contributed by atoms with van der Waals surface area (Å²) in [4.78, 5) is 27.2. The van der Waals surface area contributed by atoms with Gasteiger partial charge in [0.05, 0.1) is 22.5 Å². The number of anilines is 1. The van der Waals surface area contributed by atoms with E-state index in [9.17, 15) is 23.1 Å². The first-order valence-electron chi connectivity index (χ1n) is 11.9. The summed E-state index contributed by atoms with van der Waals surface area (Å²) in [7, 11) is 0. The first kappa shape index (κ1) is 25.4. The topological polar surface area (TPSA) is 94.7 Å². The number of rotatable bonds is 6. The summed E-state index contributed by atoms with van der Waals surface area (Å²) in [6.07, 6.45) is 0.121. The number of thiazole rings is 1. The number of carbonyl (C=O) groups excluding carboxylic acids is 1. The number of hydrogen-bond acceptors (Lipinski definition) is 7. The SMILES string of the molecule is [C-]#[N+]c1cc(NCC(=O)NC2CC(N3CCC(O)(c4cncs4)CC3)C2)c2cc(C(F)(F)F)ccc2n1. The lowest BCUT2D eigenvalue weighted by Crippen LogP contribution is -2.57. The number of likely N-dealkylation sites (tertiary alicyclic amines) is 1. The Hall–Kier alpha value is -3.27. The predicted octanol–water partition coefficient (Wildman–Crippen LogP) is 4.30. The highest BCUT2D eigenvalue weighted by Gasteiger charge is 2.41.